The number of hydrogen-bond donors (Lipinski definition) is 1. The first kappa shape index (κ1) is 10.2. The van der Waals surface area contributed by atoms with Gasteiger partial charge in [-0.05, 0) is 42.5 Å². The highest BCUT2D eigenvalue weighted by atomic mass is 15.2. The number of nitrogens with zero attached hydrogens (tertiary/aromatic N) is 1. The lowest BCUT2D eigenvalue weighted by molar-refractivity contribution is 0.181. The summed E-state index contributed by atoms with van der Waals surface area (Å²) in [6, 6.07) is 7.26. The smallest absolute Gasteiger partial charge is 0.0316 e. The number of nitrogens with two attached hydrogens (primary N) is 1. The molecule has 1 fully saturated rings. The van der Waals surface area contributed by atoms with Crippen LogP contribution in [-0.2, 0) is 13.0 Å². The van der Waals surface area contributed by atoms with Gasteiger partial charge in [0, 0.05) is 24.8 Å². The minimum absolute atomic E-state index is 0.853. The summed E-state index contributed by atoms with van der Waals surface area (Å²) in [7, 11) is 0. The maximum Gasteiger partial charge on any atom is 0.0316 e. The topological polar surface area (TPSA) is 29.3 Å². The van der Waals surface area contributed by atoms with Crippen LogP contribution in [0.2, 0.25) is 0 Å². The van der Waals surface area contributed by atoms with Crippen LogP contribution in [0.4, 0.5) is 5.69 Å². The largest absolute Gasteiger partial charge is 0.399 e. The molecule has 1 heterocycles. The van der Waals surface area contributed by atoms with E-state index in [1.165, 1.54) is 49.8 Å². The van der Waals surface area contributed by atoms with Crippen LogP contribution in [0.25, 0.3) is 0 Å². The molecule has 1 saturated carbocycles. The van der Waals surface area contributed by atoms with E-state index in [9.17, 15) is 0 Å². The molecular formula is C14H20N2. The maximum atomic E-state index is 5.83. The van der Waals surface area contributed by atoms with E-state index in [4.69, 9.17) is 5.73 Å². The highest BCUT2D eigenvalue weighted by molar-refractivity contribution is 5.45. The van der Waals surface area contributed by atoms with Crippen molar-refractivity contribution in [3.63, 3.8) is 0 Å². The molecule has 1 aliphatic heterocycles. The molecule has 1 aromatic rings. The van der Waals surface area contributed by atoms with E-state index in [1.807, 2.05) is 6.07 Å². The molecule has 0 spiro atoms. The first-order valence-corrected chi connectivity index (χ1v) is 6.44. The lowest BCUT2D eigenvalue weighted by atomic mass is 9.97. The third-order valence-electron chi connectivity index (χ3n) is 4.11. The van der Waals surface area contributed by atoms with Crippen LogP contribution in [0, 0.1) is 0 Å². The second kappa shape index (κ2) is 4.10. The molecule has 0 saturated heterocycles. The normalized spacial score (nSPS) is 22.2. The molecule has 0 radical (unpaired) electrons. The third-order valence-corrected chi connectivity index (χ3v) is 4.11. The molecule has 0 atom stereocenters. The number of anilines is 1. The Hall–Kier alpha value is -1.02. The first-order valence-electron chi connectivity index (χ1n) is 6.44. The van der Waals surface area contributed by atoms with E-state index >= 15 is 0 Å². The Kier molecular flexibility index (Phi) is 2.60. The van der Waals surface area contributed by atoms with Gasteiger partial charge in [-0.2, -0.15) is 0 Å². The van der Waals surface area contributed by atoms with E-state index < -0.39 is 0 Å². The van der Waals surface area contributed by atoms with Gasteiger partial charge < -0.3 is 5.73 Å². The maximum absolute atomic E-state index is 5.83. The highest BCUT2D eigenvalue weighted by Crippen LogP contribution is 2.29. The molecule has 2 nitrogen and oxygen atoms in total. The van der Waals surface area contributed by atoms with Gasteiger partial charge in [-0.25, -0.2) is 0 Å². The zero-order chi connectivity index (χ0) is 11.0. The van der Waals surface area contributed by atoms with Gasteiger partial charge in [0.1, 0.15) is 0 Å². The fourth-order valence-electron chi connectivity index (χ4n) is 3.18. The zero-order valence-corrected chi connectivity index (χ0v) is 9.78. The van der Waals surface area contributed by atoms with Crippen molar-refractivity contribution in [3.05, 3.63) is 29.3 Å². The van der Waals surface area contributed by atoms with E-state index in [-0.39, 0.29) is 0 Å². The third kappa shape index (κ3) is 1.82. The number of benzene rings is 1. The Morgan fingerprint density at radius 2 is 1.94 bits per heavy atom. The van der Waals surface area contributed by atoms with Crippen LogP contribution >= 0.6 is 0 Å². The number of rotatable bonds is 1. The van der Waals surface area contributed by atoms with Crippen LogP contribution in [-0.4, -0.2) is 17.5 Å². The van der Waals surface area contributed by atoms with Crippen molar-refractivity contribution in [2.75, 3.05) is 12.3 Å². The highest BCUT2D eigenvalue weighted by Gasteiger charge is 2.25. The summed E-state index contributed by atoms with van der Waals surface area (Å²) < 4.78 is 0. The molecule has 16 heavy (non-hydrogen) atoms. The molecule has 0 amide bonds. The SMILES string of the molecule is Nc1ccc2c(c1)CCN(C1CCCC1)C2. The Morgan fingerprint density at radius 1 is 1.12 bits per heavy atom. The van der Waals surface area contributed by atoms with Gasteiger partial charge in [-0.3, -0.25) is 4.90 Å². The fourth-order valence-corrected chi connectivity index (χ4v) is 3.18. The summed E-state index contributed by atoms with van der Waals surface area (Å²) in [5.41, 5.74) is 9.70. The lowest BCUT2D eigenvalue weighted by Crippen LogP contribution is -2.37. The quantitative estimate of drug-likeness (QED) is 0.731. The van der Waals surface area contributed by atoms with Crippen LogP contribution in [0.3, 0.4) is 0 Å². The second-order valence-electron chi connectivity index (χ2n) is 5.19. The summed E-state index contributed by atoms with van der Waals surface area (Å²) in [6.07, 6.45) is 6.84. The van der Waals surface area contributed by atoms with Gasteiger partial charge in [0.25, 0.3) is 0 Å². The fraction of sp³-hybridized carbons (Fsp3) is 0.571. The average molecular weight is 216 g/mol. The Bertz CT molecular complexity index is 380. The van der Waals surface area contributed by atoms with Crippen LogP contribution in [0.15, 0.2) is 18.2 Å². The summed E-state index contributed by atoms with van der Waals surface area (Å²) in [6.45, 7) is 2.36. The van der Waals surface area contributed by atoms with Gasteiger partial charge >= 0.3 is 0 Å². The molecule has 0 bridgehead atoms. The van der Waals surface area contributed by atoms with Gasteiger partial charge in [-0.1, -0.05) is 18.9 Å². The molecule has 86 valence electrons. The number of hydrogen-bond acceptors (Lipinski definition) is 2. The predicted octanol–water partition coefficient (Wildman–Crippen LogP) is 2.57. The number of nitrogen functional groups attached to an aromatic ring is 1. The van der Waals surface area contributed by atoms with Crippen molar-refractivity contribution >= 4 is 5.69 Å². The van der Waals surface area contributed by atoms with Crippen molar-refractivity contribution in [1.82, 2.24) is 4.90 Å². The van der Waals surface area contributed by atoms with E-state index in [2.05, 4.69) is 17.0 Å². The standard InChI is InChI=1S/C14H20N2/c15-13-6-5-12-10-16(8-7-11(12)9-13)14-3-1-2-4-14/h5-6,9,14H,1-4,7-8,10,15H2. The molecule has 1 aromatic carbocycles. The van der Waals surface area contributed by atoms with E-state index in [0.717, 1.165) is 18.3 Å². The Morgan fingerprint density at radius 3 is 2.75 bits per heavy atom. The van der Waals surface area contributed by atoms with Crippen molar-refractivity contribution in [1.29, 1.82) is 0 Å². The summed E-state index contributed by atoms with van der Waals surface area (Å²) >= 11 is 0. The van der Waals surface area contributed by atoms with Crippen molar-refractivity contribution < 1.29 is 0 Å². The van der Waals surface area contributed by atoms with Crippen molar-refractivity contribution in [3.8, 4) is 0 Å². The summed E-state index contributed by atoms with van der Waals surface area (Å²) in [4.78, 5) is 2.67. The molecule has 2 N–H and O–H groups in total. The number of fused-ring (bicyclic) bond motifs is 1. The second-order valence-corrected chi connectivity index (χ2v) is 5.19. The molecule has 0 aromatic heterocycles. The molecule has 3 rings (SSSR count). The van der Waals surface area contributed by atoms with E-state index in [0.29, 0.717) is 0 Å². The molecular weight excluding hydrogens is 196 g/mol. The molecule has 2 heteroatoms. The van der Waals surface area contributed by atoms with Gasteiger partial charge in [-0.15, -0.1) is 0 Å². The molecule has 1 aliphatic carbocycles. The Labute approximate surface area is 97.4 Å². The van der Waals surface area contributed by atoms with Crippen LogP contribution < -0.4 is 5.73 Å². The molecule has 2 aliphatic rings. The monoisotopic (exact) mass is 216 g/mol. The first-order chi connectivity index (χ1) is 7.83. The molecule has 0 unspecified atom stereocenters. The van der Waals surface area contributed by atoms with E-state index in [1.54, 1.807) is 0 Å². The zero-order valence-electron chi connectivity index (χ0n) is 9.78. The average Bonchev–Trinajstić information content (AvgIpc) is 2.82. The van der Waals surface area contributed by atoms with Gasteiger partial charge in [0.2, 0.25) is 0 Å². The predicted molar refractivity (Wildman–Crippen MR) is 67.2 cm³/mol. The minimum Gasteiger partial charge on any atom is -0.399 e. The van der Waals surface area contributed by atoms with Crippen LogP contribution in [0.5, 0.6) is 0 Å². The minimum atomic E-state index is 0.853. The van der Waals surface area contributed by atoms with Gasteiger partial charge in [0.15, 0.2) is 0 Å². The lowest BCUT2D eigenvalue weighted by Gasteiger charge is -2.33. The summed E-state index contributed by atoms with van der Waals surface area (Å²) in [5, 5.41) is 0. The van der Waals surface area contributed by atoms with Crippen LogP contribution in [0.1, 0.15) is 36.8 Å². The summed E-state index contributed by atoms with van der Waals surface area (Å²) in [5.74, 6) is 0. The van der Waals surface area contributed by atoms with Crippen molar-refractivity contribution in [2.24, 2.45) is 0 Å². The van der Waals surface area contributed by atoms with Crippen molar-refractivity contribution in [2.45, 2.75) is 44.7 Å². The van der Waals surface area contributed by atoms with Gasteiger partial charge in [0.05, 0.1) is 0 Å². The Balaban J connectivity index is 1.78.